The van der Waals surface area contributed by atoms with E-state index in [1.807, 2.05) is 0 Å². The third-order valence-corrected chi connectivity index (χ3v) is 1.02. The number of aliphatic hydroxyl groups excluding tert-OH is 2. The van der Waals surface area contributed by atoms with E-state index in [9.17, 15) is 0 Å². The van der Waals surface area contributed by atoms with Crippen molar-refractivity contribution in [3.8, 4) is 0 Å². The molecule has 0 aromatic carbocycles. The van der Waals surface area contributed by atoms with Gasteiger partial charge in [-0.25, -0.2) is 0 Å². The Morgan fingerprint density at radius 3 is 0.929 bits per heavy atom. The van der Waals surface area contributed by atoms with Crippen LogP contribution >= 0.6 is 0 Å². The molecule has 0 atom stereocenters. The van der Waals surface area contributed by atoms with Crippen molar-refractivity contribution in [3.05, 3.63) is 0 Å². The van der Waals surface area contributed by atoms with Crippen molar-refractivity contribution in [1.29, 1.82) is 0 Å². The van der Waals surface area contributed by atoms with Gasteiger partial charge in [0.2, 0.25) is 0 Å². The number of rotatable bonds is 4. The van der Waals surface area contributed by atoms with Crippen LogP contribution < -0.4 is 37.2 Å². The van der Waals surface area contributed by atoms with Crippen molar-refractivity contribution in [2.75, 3.05) is 13.2 Å². The van der Waals surface area contributed by atoms with Crippen LogP contribution in [0.25, 0.3) is 0 Å². The third kappa shape index (κ3) is 69.7. The molecule has 0 rings (SSSR count). The van der Waals surface area contributed by atoms with Crippen LogP contribution in [0.15, 0.2) is 0 Å². The van der Waals surface area contributed by atoms with Gasteiger partial charge in [-0.2, -0.15) is 0 Å². The molecule has 0 aromatic rings. The van der Waals surface area contributed by atoms with Gasteiger partial charge in [0.1, 0.15) is 0 Å². The summed E-state index contributed by atoms with van der Waals surface area (Å²) in [5.74, 6) is 0. The molecule has 0 aliphatic carbocycles. The van der Waals surface area contributed by atoms with Crippen LogP contribution in [0.1, 0.15) is 39.5 Å². The molecule has 0 unspecified atom stereocenters. The van der Waals surface area contributed by atoms with Crippen LogP contribution in [0.2, 0.25) is 0 Å². The Bertz CT molecular complexity index is 43.6. The van der Waals surface area contributed by atoms with Crippen molar-refractivity contribution < 1.29 is 69.2 Å². The molecule has 2 N–H and O–H groups in total. The fourth-order valence-electron chi connectivity index (χ4n) is 0.316. The zero-order valence-electron chi connectivity index (χ0n) is 8.77. The Labute approximate surface area is 121 Å². The van der Waals surface area contributed by atoms with E-state index in [2.05, 4.69) is 13.8 Å². The van der Waals surface area contributed by atoms with E-state index in [0.717, 1.165) is 25.7 Å². The largest absolute Gasteiger partial charge is 3.00 e. The van der Waals surface area contributed by atoms with Crippen LogP contribution in [0.3, 0.4) is 0 Å². The molecule has 1 radical (unpaired) electrons. The summed E-state index contributed by atoms with van der Waals surface area (Å²) in [7, 11) is 0. The minimum absolute atomic E-state index is 0. The summed E-state index contributed by atoms with van der Waals surface area (Å²) in [6, 6.07) is 0. The van der Waals surface area contributed by atoms with E-state index >= 15 is 0 Å². The molecule has 0 aliphatic rings. The van der Waals surface area contributed by atoms with Gasteiger partial charge < -0.3 is 47.4 Å². The molecular formula is C8H20Cl3O2Ti. The average Bonchev–Trinajstić information content (AvgIpc) is 1.93. The molecule has 0 spiro atoms. The Morgan fingerprint density at radius 2 is 0.929 bits per heavy atom. The molecule has 2 nitrogen and oxygen atoms in total. The molecule has 0 aliphatic heterocycles. The van der Waals surface area contributed by atoms with Crippen LogP contribution in [0.4, 0.5) is 0 Å². The van der Waals surface area contributed by atoms with Crippen LogP contribution in [0, 0.1) is 0 Å². The molecule has 0 saturated heterocycles. The van der Waals surface area contributed by atoms with Gasteiger partial charge in [-0.3, -0.25) is 0 Å². The maximum atomic E-state index is 8.07. The van der Waals surface area contributed by atoms with Crippen molar-refractivity contribution in [1.82, 2.24) is 0 Å². The minimum atomic E-state index is 0. The molecule has 0 fully saturated rings. The normalized spacial score (nSPS) is 6.00. The van der Waals surface area contributed by atoms with Gasteiger partial charge in [-0.15, -0.1) is 0 Å². The predicted molar refractivity (Wildman–Crippen MR) is 44.0 cm³/mol. The smallest absolute Gasteiger partial charge is 1.00 e. The summed E-state index contributed by atoms with van der Waals surface area (Å²) in [6.45, 7) is 4.79. The number of hydrogen-bond donors (Lipinski definition) is 2. The zero-order chi connectivity index (χ0) is 8.24. The van der Waals surface area contributed by atoms with Gasteiger partial charge in [0, 0.05) is 13.2 Å². The SMILES string of the molecule is CCCCO.CCCCO.[Cl-].[Cl-].[Cl-].[Ti+3]. The first-order valence-corrected chi connectivity index (χ1v) is 4.05. The summed E-state index contributed by atoms with van der Waals surface area (Å²) in [5, 5.41) is 16.1. The van der Waals surface area contributed by atoms with Crippen LogP contribution in [0.5, 0.6) is 0 Å². The Morgan fingerprint density at radius 1 is 0.714 bits per heavy atom. The summed E-state index contributed by atoms with van der Waals surface area (Å²) in [4.78, 5) is 0. The van der Waals surface area contributed by atoms with Crippen molar-refractivity contribution in [3.63, 3.8) is 0 Å². The molecule has 0 amide bonds. The van der Waals surface area contributed by atoms with Gasteiger partial charge in [0.15, 0.2) is 0 Å². The topological polar surface area (TPSA) is 40.5 Å². The summed E-state index contributed by atoms with van der Waals surface area (Å²) in [5.41, 5.74) is 0. The van der Waals surface area contributed by atoms with Gasteiger partial charge in [-0.1, -0.05) is 26.7 Å². The van der Waals surface area contributed by atoms with E-state index in [4.69, 9.17) is 10.2 Å². The summed E-state index contributed by atoms with van der Waals surface area (Å²) in [6.07, 6.45) is 4.08. The van der Waals surface area contributed by atoms with Gasteiger partial charge in [0.05, 0.1) is 0 Å². The number of unbranched alkanes of at least 4 members (excludes halogenated alkanes) is 2. The van der Waals surface area contributed by atoms with Crippen molar-refractivity contribution >= 4 is 0 Å². The summed E-state index contributed by atoms with van der Waals surface area (Å²) >= 11 is 0. The predicted octanol–water partition coefficient (Wildman–Crippen LogP) is -7.43. The molecular weight excluding hydrogens is 282 g/mol. The van der Waals surface area contributed by atoms with Crippen LogP contribution in [-0.2, 0) is 21.7 Å². The maximum Gasteiger partial charge on any atom is 3.00 e. The molecule has 89 valence electrons. The monoisotopic (exact) mass is 301 g/mol. The van der Waals surface area contributed by atoms with Gasteiger partial charge in [0.25, 0.3) is 0 Å². The fourth-order valence-corrected chi connectivity index (χ4v) is 0.316. The van der Waals surface area contributed by atoms with E-state index in [1.54, 1.807) is 0 Å². The Balaban J connectivity index is -0.0000000178. The van der Waals surface area contributed by atoms with Gasteiger partial charge >= 0.3 is 21.7 Å². The Hall–Kier alpha value is 1.50. The van der Waals surface area contributed by atoms with E-state index in [0.29, 0.717) is 13.2 Å². The minimum Gasteiger partial charge on any atom is -1.00 e. The first-order valence-electron chi connectivity index (χ1n) is 4.05. The average molecular weight is 302 g/mol. The second-order valence-electron chi connectivity index (χ2n) is 2.15. The molecule has 0 bridgehead atoms. The molecule has 14 heavy (non-hydrogen) atoms. The molecule has 0 saturated carbocycles. The summed E-state index contributed by atoms with van der Waals surface area (Å²) < 4.78 is 0. The van der Waals surface area contributed by atoms with Crippen molar-refractivity contribution in [2.24, 2.45) is 0 Å². The van der Waals surface area contributed by atoms with Crippen LogP contribution in [-0.4, -0.2) is 23.4 Å². The van der Waals surface area contributed by atoms with E-state index in [1.165, 1.54) is 0 Å². The molecule has 0 aromatic heterocycles. The fraction of sp³-hybridized carbons (Fsp3) is 1.00. The number of hydrogen-bond acceptors (Lipinski definition) is 2. The Kier molecular flexibility index (Phi) is 121. The van der Waals surface area contributed by atoms with Crippen molar-refractivity contribution in [2.45, 2.75) is 39.5 Å². The first kappa shape index (κ1) is 36.1. The third-order valence-electron chi connectivity index (χ3n) is 1.02. The zero-order valence-corrected chi connectivity index (χ0v) is 12.6. The first-order chi connectivity index (χ1) is 4.83. The maximum absolute atomic E-state index is 8.07. The van der Waals surface area contributed by atoms with Gasteiger partial charge in [-0.05, 0) is 12.8 Å². The number of aliphatic hydroxyl groups is 2. The second kappa shape index (κ2) is 47.0. The molecule has 6 heteroatoms. The van der Waals surface area contributed by atoms with E-state index < -0.39 is 0 Å². The molecule has 0 heterocycles. The second-order valence-corrected chi connectivity index (χ2v) is 2.15. The number of halogens is 3. The standard InChI is InChI=1S/2C4H10O.3ClH.Ti/c2*1-2-3-4-5;;;;/h2*5H,2-4H2,1H3;3*1H;/q;;;;;+3/p-3. The van der Waals surface area contributed by atoms with E-state index in [-0.39, 0.29) is 58.9 Å². The quantitative estimate of drug-likeness (QED) is 0.507.